The van der Waals surface area contributed by atoms with Gasteiger partial charge >= 0.3 is 0 Å². The maximum absolute atomic E-state index is 6.40. The largest absolute Gasteiger partial charge is 0.310 e. The molecule has 0 spiro atoms. The number of hydrogen-bond acceptors (Lipinski definition) is 1. The minimum absolute atomic E-state index is 0.249. The van der Waals surface area contributed by atoms with Gasteiger partial charge in [0.2, 0.25) is 0 Å². The third-order valence-electron chi connectivity index (χ3n) is 3.76. The number of nitrogens with one attached hydrogen (secondary N) is 1. The van der Waals surface area contributed by atoms with Crippen LogP contribution in [0.5, 0.6) is 0 Å². The molecule has 1 aliphatic carbocycles. The summed E-state index contributed by atoms with van der Waals surface area (Å²) in [6, 6.07) is 6.41. The Morgan fingerprint density at radius 1 is 1.21 bits per heavy atom. The number of hydrogen-bond donors (Lipinski definition) is 1. The van der Waals surface area contributed by atoms with E-state index in [4.69, 9.17) is 11.6 Å². The van der Waals surface area contributed by atoms with Crippen LogP contribution in [0.1, 0.15) is 50.1 Å². The third kappa shape index (κ3) is 4.08. The second kappa shape index (κ2) is 7.47. The quantitative estimate of drug-likeness (QED) is 0.700. The van der Waals surface area contributed by atoms with E-state index in [-0.39, 0.29) is 6.04 Å². The lowest BCUT2D eigenvalue weighted by atomic mass is 9.91. The van der Waals surface area contributed by atoms with Crippen LogP contribution in [0.4, 0.5) is 0 Å². The molecule has 19 heavy (non-hydrogen) atoms. The van der Waals surface area contributed by atoms with Gasteiger partial charge < -0.3 is 5.32 Å². The lowest BCUT2D eigenvalue weighted by molar-refractivity contribution is 0.574. The zero-order valence-electron chi connectivity index (χ0n) is 11.4. The second-order valence-electron chi connectivity index (χ2n) is 5.12. The van der Waals surface area contributed by atoms with Crippen molar-refractivity contribution in [1.82, 2.24) is 5.32 Å². The lowest BCUT2D eigenvalue weighted by Gasteiger charge is -2.23. The van der Waals surface area contributed by atoms with Gasteiger partial charge in [-0.1, -0.05) is 58.1 Å². The number of allylic oxidation sites excluding steroid dienone is 1. The Morgan fingerprint density at radius 3 is 2.74 bits per heavy atom. The van der Waals surface area contributed by atoms with Crippen LogP contribution in [0, 0.1) is 0 Å². The molecule has 104 valence electrons. The monoisotopic (exact) mass is 341 g/mol. The standard InChI is InChI=1S/C16H21BrClN/c1-19-16(12-7-5-3-2-4-6-8-12)14-10-9-13(17)11-15(14)18/h7,9-11,16,19H,2-6,8H2,1H3/b12-7+. The molecule has 1 unspecified atom stereocenters. The van der Waals surface area contributed by atoms with Crippen molar-refractivity contribution in [2.45, 2.75) is 44.6 Å². The molecule has 1 N–H and O–H groups in total. The van der Waals surface area contributed by atoms with Crippen molar-refractivity contribution in [1.29, 1.82) is 0 Å². The SMILES string of the molecule is CNC(/C1=C/CCCCCC1)c1ccc(Br)cc1Cl. The highest BCUT2D eigenvalue weighted by molar-refractivity contribution is 9.10. The van der Waals surface area contributed by atoms with Crippen molar-refractivity contribution in [2.75, 3.05) is 7.05 Å². The van der Waals surface area contributed by atoms with E-state index >= 15 is 0 Å². The lowest BCUT2D eigenvalue weighted by Crippen LogP contribution is -2.19. The Balaban J connectivity index is 2.27. The molecule has 0 fully saturated rings. The van der Waals surface area contributed by atoms with Crippen LogP contribution < -0.4 is 5.32 Å². The first-order valence-corrected chi connectivity index (χ1v) is 8.20. The summed E-state index contributed by atoms with van der Waals surface area (Å²) in [7, 11) is 2.02. The van der Waals surface area contributed by atoms with Crippen LogP contribution in [0.15, 0.2) is 34.3 Å². The van der Waals surface area contributed by atoms with Crippen LogP contribution in [0.25, 0.3) is 0 Å². The summed E-state index contributed by atoms with van der Waals surface area (Å²) in [6.07, 6.45) is 10.1. The molecule has 1 aromatic carbocycles. The fraction of sp³-hybridized carbons (Fsp3) is 0.500. The Kier molecular flexibility index (Phi) is 5.93. The van der Waals surface area contributed by atoms with Gasteiger partial charge in [0.15, 0.2) is 0 Å². The average Bonchev–Trinajstić information content (AvgIpc) is 2.34. The Bertz CT molecular complexity index is 456. The summed E-state index contributed by atoms with van der Waals surface area (Å²) in [5.74, 6) is 0. The number of likely N-dealkylation sites (N-methyl/N-ethyl adjacent to an activating group) is 1. The zero-order chi connectivity index (χ0) is 13.7. The van der Waals surface area contributed by atoms with E-state index in [1.54, 1.807) is 0 Å². The molecular weight excluding hydrogens is 322 g/mol. The van der Waals surface area contributed by atoms with E-state index < -0.39 is 0 Å². The van der Waals surface area contributed by atoms with Gasteiger partial charge in [0.05, 0.1) is 6.04 Å². The Labute approximate surface area is 129 Å². The molecule has 0 aliphatic heterocycles. The van der Waals surface area contributed by atoms with Crippen molar-refractivity contribution in [3.05, 3.63) is 44.9 Å². The first-order valence-electron chi connectivity index (χ1n) is 7.03. The van der Waals surface area contributed by atoms with Crippen molar-refractivity contribution in [2.24, 2.45) is 0 Å². The number of benzene rings is 1. The molecule has 0 bridgehead atoms. The normalized spacial score (nSPS) is 21.1. The molecule has 0 radical (unpaired) electrons. The summed E-state index contributed by atoms with van der Waals surface area (Å²) in [6.45, 7) is 0. The summed E-state index contributed by atoms with van der Waals surface area (Å²) in [5.41, 5.74) is 2.67. The Hall–Kier alpha value is -0.310. The predicted octanol–water partition coefficient (Wildman–Crippen LogP) is 5.64. The van der Waals surface area contributed by atoms with Gasteiger partial charge in [0.25, 0.3) is 0 Å². The van der Waals surface area contributed by atoms with E-state index in [1.165, 1.54) is 49.7 Å². The van der Waals surface area contributed by atoms with Crippen LogP contribution in [0.3, 0.4) is 0 Å². The highest BCUT2D eigenvalue weighted by Gasteiger charge is 2.18. The molecule has 0 amide bonds. The fourth-order valence-corrected chi connectivity index (χ4v) is 3.54. The first-order chi connectivity index (χ1) is 9.22. The van der Waals surface area contributed by atoms with Crippen molar-refractivity contribution in [3.63, 3.8) is 0 Å². The van der Waals surface area contributed by atoms with Crippen LogP contribution in [-0.4, -0.2) is 7.05 Å². The molecule has 1 aliphatic rings. The second-order valence-corrected chi connectivity index (χ2v) is 6.44. The van der Waals surface area contributed by atoms with Gasteiger partial charge in [-0.25, -0.2) is 0 Å². The van der Waals surface area contributed by atoms with Crippen LogP contribution in [0.2, 0.25) is 5.02 Å². The van der Waals surface area contributed by atoms with Gasteiger partial charge in [-0.2, -0.15) is 0 Å². The van der Waals surface area contributed by atoms with Crippen molar-refractivity contribution in [3.8, 4) is 0 Å². The highest BCUT2D eigenvalue weighted by atomic mass is 79.9. The summed E-state index contributed by atoms with van der Waals surface area (Å²) in [4.78, 5) is 0. The Morgan fingerprint density at radius 2 is 2.00 bits per heavy atom. The molecule has 0 heterocycles. The minimum Gasteiger partial charge on any atom is -0.310 e. The molecule has 3 heteroatoms. The number of rotatable bonds is 3. The summed E-state index contributed by atoms with van der Waals surface area (Å²) >= 11 is 9.86. The molecule has 1 nitrogen and oxygen atoms in total. The van der Waals surface area contributed by atoms with Crippen LogP contribution in [-0.2, 0) is 0 Å². The van der Waals surface area contributed by atoms with Gasteiger partial charge in [-0.15, -0.1) is 0 Å². The van der Waals surface area contributed by atoms with Gasteiger partial charge in [0.1, 0.15) is 0 Å². The molecule has 0 saturated carbocycles. The van der Waals surface area contributed by atoms with E-state index in [9.17, 15) is 0 Å². The number of halogens is 2. The molecule has 0 aromatic heterocycles. The first kappa shape index (κ1) is 15.1. The molecule has 1 atom stereocenters. The molecule has 0 saturated heterocycles. The molecule has 2 rings (SSSR count). The summed E-state index contributed by atoms with van der Waals surface area (Å²) < 4.78 is 1.03. The van der Waals surface area contributed by atoms with Gasteiger partial charge in [0, 0.05) is 9.50 Å². The van der Waals surface area contributed by atoms with E-state index in [0.29, 0.717) is 0 Å². The predicted molar refractivity (Wildman–Crippen MR) is 86.7 cm³/mol. The molecular formula is C16H21BrClN. The van der Waals surface area contributed by atoms with E-state index in [1.807, 2.05) is 13.1 Å². The van der Waals surface area contributed by atoms with Gasteiger partial charge in [-0.3, -0.25) is 0 Å². The maximum atomic E-state index is 6.40. The van der Waals surface area contributed by atoms with Crippen molar-refractivity contribution >= 4 is 27.5 Å². The fourth-order valence-electron chi connectivity index (χ4n) is 2.75. The third-order valence-corrected chi connectivity index (χ3v) is 4.58. The molecule has 1 aromatic rings. The topological polar surface area (TPSA) is 12.0 Å². The average molecular weight is 343 g/mol. The van der Waals surface area contributed by atoms with Crippen molar-refractivity contribution < 1.29 is 0 Å². The smallest absolute Gasteiger partial charge is 0.0548 e. The van der Waals surface area contributed by atoms with E-state index in [2.05, 4.69) is 39.5 Å². The minimum atomic E-state index is 0.249. The van der Waals surface area contributed by atoms with Gasteiger partial charge in [-0.05, 0) is 50.4 Å². The van der Waals surface area contributed by atoms with E-state index in [0.717, 1.165) is 9.50 Å². The summed E-state index contributed by atoms with van der Waals surface area (Å²) in [5, 5.41) is 4.26. The maximum Gasteiger partial charge on any atom is 0.0548 e. The van der Waals surface area contributed by atoms with Crippen LogP contribution >= 0.6 is 27.5 Å². The highest BCUT2D eigenvalue weighted by Crippen LogP contribution is 2.33. The zero-order valence-corrected chi connectivity index (χ0v) is 13.7.